The Bertz CT molecular complexity index is 979. The first kappa shape index (κ1) is 20.1. The number of halogens is 1. The maximum atomic E-state index is 13.5. The second-order valence-electron chi connectivity index (χ2n) is 6.64. The van der Waals surface area contributed by atoms with E-state index in [9.17, 15) is 4.39 Å². The van der Waals surface area contributed by atoms with Crippen molar-refractivity contribution in [3.8, 4) is 12.8 Å². The van der Waals surface area contributed by atoms with Crippen LogP contribution in [0, 0.1) is 12.8 Å². The van der Waals surface area contributed by atoms with Crippen LogP contribution in [0.2, 0.25) is 0 Å². The SMILES string of the molecule is C#C.F[C@@H]1CCN(c2nc(Nc3cc(C4CC4)[nH]n3)c3cccn3n2)C1.O=CO. The lowest BCUT2D eigenvalue weighted by Gasteiger charge is -2.16. The molecule has 152 valence electrons. The third-order valence-corrected chi connectivity index (χ3v) is 4.65. The summed E-state index contributed by atoms with van der Waals surface area (Å²) in [5.41, 5.74) is 2.03. The van der Waals surface area contributed by atoms with Crippen LogP contribution >= 0.6 is 0 Å². The first-order valence-corrected chi connectivity index (χ1v) is 9.16. The van der Waals surface area contributed by atoms with Crippen LogP contribution in [0.5, 0.6) is 0 Å². The lowest BCUT2D eigenvalue weighted by molar-refractivity contribution is -0.122. The molecule has 1 aliphatic carbocycles. The number of hydrogen-bond acceptors (Lipinski definition) is 6. The number of terminal acetylenes is 1. The maximum absolute atomic E-state index is 13.5. The van der Waals surface area contributed by atoms with Crippen molar-refractivity contribution in [3.05, 3.63) is 30.1 Å². The zero-order valence-corrected chi connectivity index (χ0v) is 15.7. The number of carbonyl (C=O) groups is 1. The van der Waals surface area contributed by atoms with Gasteiger partial charge in [-0.05, 0) is 31.4 Å². The maximum Gasteiger partial charge on any atom is 0.290 e. The molecule has 0 bridgehead atoms. The van der Waals surface area contributed by atoms with Crippen molar-refractivity contribution in [3.63, 3.8) is 0 Å². The Morgan fingerprint density at radius 2 is 2.10 bits per heavy atom. The van der Waals surface area contributed by atoms with Gasteiger partial charge in [0.15, 0.2) is 11.6 Å². The van der Waals surface area contributed by atoms with Gasteiger partial charge in [0.2, 0.25) is 5.95 Å². The molecule has 0 spiro atoms. The van der Waals surface area contributed by atoms with E-state index in [-0.39, 0.29) is 6.47 Å². The van der Waals surface area contributed by atoms with Crippen LogP contribution < -0.4 is 10.2 Å². The molecule has 4 heterocycles. The molecule has 0 radical (unpaired) electrons. The first-order valence-electron chi connectivity index (χ1n) is 9.16. The molecule has 0 aromatic carbocycles. The molecular weight excluding hydrogens is 377 g/mol. The molecule has 0 amide bonds. The Morgan fingerprint density at radius 3 is 2.76 bits per heavy atom. The van der Waals surface area contributed by atoms with E-state index in [1.807, 2.05) is 29.3 Å². The van der Waals surface area contributed by atoms with Gasteiger partial charge in [0.1, 0.15) is 11.7 Å². The van der Waals surface area contributed by atoms with Crippen molar-refractivity contribution in [2.24, 2.45) is 0 Å². The first-order chi connectivity index (χ1) is 14.2. The minimum Gasteiger partial charge on any atom is -0.483 e. The minimum absolute atomic E-state index is 0.250. The van der Waals surface area contributed by atoms with E-state index >= 15 is 0 Å². The smallest absolute Gasteiger partial charge is 0.290 e. The van der Waals surface area contributed by atoms with Gasteiger partial charge in [-0.15, -0.1) is 17.9 Å². The second kappa shape index (κ2) is 9.05. The average molecular weight is 399 g/mol. The van der Waals surface area contributed by atoms with Crippen molar-refractivity contribution in [2.75, 3.05) is 23.3 Å². The quantitative estimate of drug-likeness (QED) is 0.457. The monoisotopic (exact) mass is 399 g/mol. The summed E-state index contributed by atoms with van der Waals surface area (Å²) >= 11 is 0. The molecule has 2 aliphatic rings. The van der Waals surface area contributed by atoms with Gasteiger partial charge >= 0.3 is 0 Å². The second-order valence-corrected chi connectivity index (χ2v) is 6.64. The molecule has 3 N–H and O–H groups in total. The van der Waals surface area contributed by atoms with Gasteiger partial charge in [-0.3, -0.25) is 9.89 Å². The van der Waals surface area contributed by atoms with E-state index in [1.54, 1.807) is 4.52 Å². The number of aromatic amines is 1. The molecule has 2 fully saturated rings. The fourth-order valence-corrected chi connectivity index (χ4v) is 3.17. The zero-order chi connectivity index (χ0) is 20.8. The molecule has 5 rings (SSSR count). The largest absolute Gasteiger partial charge is 0.483 e. The van der Waals surface area contributed by atoms with E-state index in [0.717, 1.165) is 17.0 Å². The highest BCUT2D eigenvalue weighted by molar-refractivity contribution is 5.73. The van der Waals surface area contributed by atoms with Gasteiger partial charge < -0.3 is 15.3 Å². The molecule has 9 nitrogen and oxygen atoms in total. The predicted octanol–water partition coefficient (Wildman–Crippen LogP) is 2.57. The molecule has 10 heteroatoms. The molecule has 1 atom stereocenters. The predicted molar refractivity (Wildman–Crippen MR) is 107 cm³/mol. The van der Waals surface area contributed by atoms with Crippen LogP contribution in [0.25, 0.3) is 5.52 Å². The van der Waals surface area contributed by atoms with Gasteiger partial charge in [0.05, 0.1) is 6.54 Å². The number of anilines is 3. The topological polar surface area (TPSA) is 111 Å². The van der Waals surface area contributed by atoms with E-state index in [0.29, 0.717) is 37.2 Å². The fraction of sp³-hybridized carbons (Fsp3) is 0.368. The van der Waals surface area contributed by atoms with E-state index in [4.69, 9.17) is 9.90 Å². The summed E-state index contributed by atoms with van der Waals surface area (Å²) < 4.78 is 15.3. The van der Waals surface area contributed by atoms with Crippen LogP contribution in [0.15, 0.2) is 24.4 Å². The Kier molecular flexibility index (Phi) is 6.29. The van der Waals surface area contributed by atoms with Crippen LogP contribution in [0.1, 0.15) is 30.9 Å². The molecule has 1 saturated carbocycles. The summed E-state index contributed by atoms with van der Waals surface area (Å²) in [6.07, 6.45) is 12.0. The Hall–Kier alpha value is -3.61. The summed E-state index contributed by atoms with van der Waals surface area (Å²) in [5.74, 6) is 2.59. The molecular formula is C19H22FN7O2. The lowest BCUT2D eigenvalue weighted by Crippen LogP contribution is -2.23. The van der Waals surface area contributed by atoms with E-state index in [2.05, 4.69) is 38.4 Å². The van der Waals surface area contributed by atoms with Gasteiger partial charge in [0, 0.05) is 30.4 Å². The van der Waals surface area contributed by atoms with Gasteiger partial charge in [-0.1, -0.05) is 0 Å². The summed E-state index contributed by atoms with van der Waals surface area (Å²) in [6, 6.07) is 5.90. The van der Waals surface area contributed by atoms with Crippen molar-refractivity contribution in [2.45, 2.75) is 31.4 Å². The number of rotatable bonds is 4. The van der Waals surface area contributed by atoms with Crippen molar-refractivity contribution in [1.82, 2.24) is 24.8 Å². The van der Waals surface area contributed by atoms with E-state index in [1.165, 1.54) is 12.8 Å². The van der Waals surface area contributed by atoms with Crippen LogP contribution in [0.3, 0.4) is 0 Å². The number of nitrogens with one attached hydrogen (secondary N) is 2. The Morgan fingerprint density at radius 1 is 1.34 bits per heavy atom. The highest BCUT2D eigenvalue weighted by Gasteiger charge is 2.27. The van der Waals surface area contributed by atoms with Gasteiger partial charge in [0.25, 0.3) is 6.47 Å². The summed E-state index contributed by atoms with van der Waals surface area (Å²) in [7, 11) is 0. The standard InChI is InChI=1S/C16H18FN7.C2H2.CH2O2/c17-11-5-7-23(9-11)16-19-15(13-2-1-6-24(13)22-16)18-14-8-12(20-21-14)10-3-4-10;1-2;2-1-3/h1-2,6,8,10-11H,3-5,7,9H2,(H2,18,19,20,21,22);1-2H;1H,(H,2,3)/t11-;;/m1../s1. The van der Waals surface area contributed by atoms with Crippen molar-refractivity contribution < 1.29 is 14.3 Å². The number of alkyl halides is 1. The number of nitrogens with zero attached hydrogens (tertiary/aromatic N) is 5. The van der Waals surface area contributed by atoms with Crippen LogP contribution in [0.4, 0.5) is 22.0 Å². The summed E-state index contributed by atoms with van der Waals surface area (Å²) in [5, 5.41) is 22.1. The molecule has 1 aliphatic heterocycles. The highest BCUT2D eigenvalue weighted by atomic mass is 19.1. The normalized spacial score (nSPS) is 17.8. The number of carboxylic acid groups (broad SMARTS) is 1. The third kappa shape index (κ3) is 4.63. The lowest BCUT2D eigenvalue weighted by atomic mass is 10.3. The fourth-order valence-electron chi connectivity index (χ4n) is 3.17. The Balaban J connectivity index is 0.000000443. The van der Waals surface area contributed by atoms with E-state index < -0.39 is 6.17 Å². The Labute approximate surface area is 166 Å². The van der Waals surface area contributed by atoms with Crippen molar-refractivity contribution >= 4 is 29.6 Å². The number of aromatic nitrogens is 5. The average Bonchev–Trinajstić information content (AvgIpc) is 3.10. The van der Waals surface area contributed by atoms with Crippen LogP contribution in [-0.2, 0) is 4.79 Å². The number of hydrogen-bond donors (Lipinski definition) is 3. The molecule has 3 aromatic rings. The molecule has 1 saturated heterocycles. The third-order valence-electron chi connectivity index (χ3n) is 4.65. The molecule has 3 aromatic heterocycles. The van der Waals surface area contributed by atoms with Gasteiger partial charge in [-0.25, -0.2) is 8.91 Å². The minimum atomic E-state index is -0.808. The van der Waals surface area contributed by atoms with Crippen molar-refractivity contribution in [1.29, 1.82) is 0 Å². The zero-order valence-electron chi connectivity index (χ0n) is 15.7. The summed E-state index contributed by atoms with van der Waals surface area (Å²) in [6.45, 7) is 0.738. The summed E-state index contributed by atoms with van der Waals surface area (Å²) in [4.78, 5) is 14.9. The highest BCUT2D eigenvalue weighted by Crippen LogP contribution is 2.39. The molecule has 29 heavy (non-hydrogen) atoms. The number of fused-ring (bicyclic) bond motifs is 1. The number of H-pyrrole nitrogens is 1. The molecule has 0 unspecified atom stereocenters. The van der Waals surface area contributed by atoms with Crippen LogP contribution in [-0.4, -0.2) is 55.6 Å². The van der Waals surface area contributed by atoms with Gasteiger partial charge in [-0.2, -0.15) is 10.1 Å².